The highest BCUT2D eigenvalue weighted by atomic mass is 79.9. The van der Waals surface area contributed by atoms with Gasteiger partial charge in [-0.2, -0.15) is 0 Å². The molecule has 1 aliphatic rings. The van der Waals surface area contributed by atoms with E-state index in [-0.39, 0.29) is 0 Å². The highest BCUT2D eigenvalue weighted by molar-refractivity contribution is 9.10. The van der Waals surface area contributed by atoms with E-state index in [1.54, 1.807) is 6.20 Å². The topological polar surface area (TPSA) is 25.4 Å². The molecule has 0 spiro atoms. The minimum atomic E-state index is 0.405. The van der Waals surface area contributed by atoms with Crippen molar-refractivity contribution in [2.75, 3.05) is 24.6 Å². The highest BCUT2D eigenvalue weighted by Gasteiger charge is 2.21. The fraction of sp³-hybridized carbons (Fsp3) is 0.583. The third kappa shape index (κ3) is 3.33. The maximum absolute atomic E-state index is 5.89. The van der Waals surface area contributed by atoms with Crippen LogP contribution in [-0.2, 0) is 4.74 Å². The summed E-state index contributed by atoms with van der Waals surface area (Å²) in [6, 6.07) is 1.89. The van der Waals surface area contributed by atoms with Crippen molar-refractivity contribution in [1.82, 2.24) is 4.98 Å². The van der Waals surface area contributed by atoms with Gasteiger partial charge in [0.25, 0.3) is 0 Å². The largest absolute Gasteiger partial charge is 0.378 e. The van der Waals surface area contributed by atoms with E-state index in [0.717, 1.165) is 42.8 Å². The molecule has 0 radical (unpaired) electrons. The minimum Gasteiger partial charge on any atom is -0.378 e. The normalized spacial score (nSPS) is 17.5. The summed E-state index contributed by atoms with van der Waals surface area (Å²) in [5.74, 6) is 0.976. The fourth-order valence-corrected chi connectivity index (χ4v) is 3.00. The van der Waals surface area contributed by atoms with Gasteiger partial charge in [-0.05, 0) is 41.8 Å². The molecule has 0 aromatic carbocycles. The van der Waals surface area contributed by atoms with Crippen molar-refractivity contribution >= 4 is 33.3 Å². The molecule has 1 saturated heterocycles. The number of halogens is 2. The Morgan fingerprint density at radius 3 is 2.82 bits per heavy atom. The predicted octanol–water partition coefficient (Wildman–Crippen LogP) is 3.50. The first kappa shape index (κ1) is 13.1. The molecule has 1 aromatic rings. The molecule has 1 aliphatic heterocycles. The van der Waals surface area contributed by atoms with Crippen LogP contribution in [0.3, 0.4) is 0 Å². The number of ether oxygens (including phenoxy) is 1. The standard InChI is InChI=1S/C12H16BrClN2O/c1-2-17-10-3-5-16(6-4-10)12-11(13)7-9(14)8-15-12/h7-8,10H,2-6H2,1H3. The first-order valence-electron chi connectivity index (χ1n) is 5.88. The van der Waals surface area contributed by atoms with Gasteiger partial charge in [-0.25, -0.2) is 4.98 Å². The lowest BCUT2D eigenvalue weighted by atomic mass is 10.1. The molecule has 0 bridgehead atoms. The van der Waals surface area contributed by atoms with Crippen molar-refractivity contribution in [1.29, 1.82) is 0 Å². The van der Waals surface area contributed by atoms with Gasteiger partial charge >= 0.3 is 0 Å². The van der Waals surface area contributed by atoms with Crippen molar-refractivity contribution in [3.05, 3.63) is 21.8 Å². The van der Waals surface area contributed by atoms with Gasteiger partial charge in [0.1, 0.15) is 5.82 Å². The Labute approximate surface area is 115 Å². The van der Waals surface area contributed by atoms with E-state index in [0.29, 0.717) is 11.1 Å². The minimum absolute atomic E-state index is 0.405. The van der Waals surface area contributed by atoms with Gasteiger partial charge in [-0.3, -0.25) is 0 Å². The van der Waals surface area contributed by atoms with Gasteiger partial charge in [0.05, 0.1) is 15.6 Å². The van der Waals surface area contributed by atoms with Crippen LogP contribution in [0.2, 0.25) is 5.02 Å². The second-order valence-electron chi connectivity index (χ2n) is 4.10. The Morgan fingerprint density at radius 1 is 1.53 bits per heavy atom. The van der Waals surface area contributed by atoms with Gasteiger partial charge in [0, 0.05) is 25.9 Å². The molecular weight excluding hydrogens is 304 g/mol. The maximum atomic E-state index is 5.89. The van der Waals surface area contributed by atoms with Crippen LogP contribution in [0.1, 0.15) is 19.8 Å². The Bertz CT molecular complexity index is 381. The SMILES string of the molecule is CCOC1CCN(c2ncc(Cl)cc2Br)CC1. The lowest BCUT2D eigenvalue weighted by molar-refractivity contribution is 0.0458. The zero-order valence-corrected chi connectivity index (χ0v) is 12.2. The molecule has 0 amide bonds. The summed E-state index contributed by atoms with van der Waals surface area (Å²) in [6.07, 6.45) is 4.22. The predicted molar refractivity (Wildman–Crippen MR) is 73.8 cm³/mol. The number of nitrogens with zero attached hydrogens (tertiary/aromatic N) is 2. The molecule has 0 saturated carbocycles. The Kier molecular flexibility index (Phi) is 4.65. The van der Waals surface area contributed by atoms with Gasteiger partial charge in [0.15, 0.2) is 0 Å². The third-order valence-corrected chi connectivity index (χ3v) is 3.72. The Balaban J connectivity index is 2.00. The number of rotatable bonds is 3. The Hall–Kier alpha value is -0.320. The second kappa shape index (κ2) is 6.03. The fourth-order valence-electron chi connectivity index (χ4n) is 2.11. The van der Waals surface area contributed by atoms with Crippen molar-refractivity contribution in [2.24, 2.45) is 0 Å². The smallest absolute Gasteiger partial charge is 0.142 e. The lowest BCUT2D eigenvalue weighted by Crippen LogP contribution is -2.37. The second-order valence-corrected chi connectivity index (χ2v) is 5.39. The van der Waals surface area contributed by atoms with Crippen LogP contribution in [0.25, 0.3) is 0 Å². The van der Waals surface area contributed by atoms with Gasteiger partial charge in [-0.1, -0.05) is 11.6 Å². The summed E-state index contributed by atoms with van der Waals surface area (Å²) in [6.45, 7) is 4.81. The average Bonchev–Trinajstić information content (AvgIpc) is 2.31. The molecule has 3 nitrogen and oxygen atoms in total. The van der Waals surface area contributed by atoms with Gasteiger partial charge in [0.2, 0.25) is 0 Å². The van der Waals surface area contributed by atoms with Crippen LogP contribution in [-0.4, -0.2) is 30.8 Å². The molecule has 0 atom stereocenters. The number of piperidine rings is 1. The number of anilines is 1. The molecule has 1 fully saturated rings. The van der Waals surface area contributed by atoms with Crippen LogP contribution in [0.5, 0.6) is 0 Å². The Morgan fingerprint density at radius 2 is 2.24 bits per heavy atom. The quantitative estimate of drug-likeness (QED) is 0.852. The molecular formula is C12H16BrClN2O. The molecule has 2 rings (SSSR count). The summed E-state index contributed by atoms with van der Waals surface area (Å²) < 4.78 is 6.59. The van der Waals surface area contributed by atoms with Crippen LogP contribution >= 0.6 is 27.5 Å². The zero-order valence-electron chi connectivity index (χ0n) is 9.83. The van der Waals surface area contributed by atoms with E-state index >= 15 is 0 Å². The van der Waals surface area contributed by atoms with Crippen LogP contribution < -0.4 is 4.90 Å². The van der Waals surface area contributed by atoms with Crippen molar-refractivity contribution in [3.8, 4) is 0 Å². The van der Waals surface area contributed by atoms with Crippen molar-refractivity contribution in [2.45, 2.75) is 25.9 Å². The summed E-state index contributed by atoms with van der Waals surface area (Å²) in [5.41, 5.74) is 0. The van der Waals surface area contributed by atoms with Crippen molar-refractivity contribution < 1.29 is 4.74 Å². The third-order valence-electron chi connectivity index (χ3n) is 2.93. The van der Waals surface area contributed by atoms with Crippen molar-refractivity contribution in [3.63, 3.8) is 0 Å². The maximum Gasteiger partial charge on any atom is 0.142 e. The number of pyridine rings is 1. The molecule has 0 unspecified atom stereocenters. The number of aromatic nitrogens is 1. The van der Waals surface area contributed by atoms with Crippen LogP contribution in [0, 0.1) is 0 Å². The lowest BCUT2D eigenvalue weighted by Gasteiger charge is -2.33. The monoisotopic (exact) mass is 318 g/mol. The molecule has 17 heavy (non-hydrogen) atoms. The summed E-state index contributed by atoms with van der Waals surface area (Å²) in [4.78, 5) is 6.65. The van der Waals surface area contributed by atoms with E-state index in [2.05, 4.69) is 25.8 Å². The number of hydrogen-bond donors (Lipinski definition) is 0. The van der Waals surface area contributed by atoms with E-state index in [1.807, 2.05) is 13.0 Å². The highest BCUT2D eigenvalue weighted by Crippen LogP contribution is 2.28. The summed E-state index contributed by atoms with van der Waals surface area (Å²) in [5, 5.41) is 0.657. The summed E-state index contributed by atoms with van der Waals surface area (Å²) in [7, 11) is 0. The van der Waals surface area contributed by atoms with Gasteiger partial charge in [-0.15, -0.1) is 0 Å². The average molecular weight is 320 g/mol. The van der Waals surface area contributed by atoms with E-state index in [9.17, 15) is 0 Å². The van der Waals surface area contributed by atoms with Crippen LogP contribution in [0.4, 0.5) is 5.82 Å². The first-order valence-corrected chi connectivity index (χ1v) is 7.05. The molecule has 0 aliphatic carbocycles. The molecule has 1 aromatic heterocycles. The van der Waals surface area contributed by atoms with E-state index in [1.165, 1.54) is 0 Å². The molecule has 2 heterocycles. The molecule has 0 N–H and O–H groups in total. The van der Waals surface area contributed by atoms with E-state index < -0.39 is 0 Å². The van der Waals surface area contributed by atoms with E-state index in [4.69, 9.17) is 16.3 Å². The van der Waals surface area contributed by atoms with Gasteiger partial charge < -0.3 is 9.64 Å². The molecule has 94 valence electrons. The molecule has 5 heteroatoms. The zero-order chi connectivity index (χ0) is 12.3. The summed E-state index contributed by atoms with van der Waals surface area (Å²) >= 11 is 9.40. The van der Waals surface area contributed by atoms with Crippen LogP contribution in [0.15, 0.2) is 16.7 Å². The first-order chi connectivity index (χ1) is 8.20. The number of hydrogen-bond acceptors (Lipinski definition) is 3.